The molecule has 8 heteroatoms. The normalized spacial score (nSPS) is 23.1. The van der Waals surface area contributed by atoms with Crippen molar-refractivity contribution in [2.75, 3.05) is 26.4 Å². The first-order valence-electron chi connectivity index (χ1n) is 7.79. The van der Waals surface area contributed by atoms with Crippen molar-refractivity contribution in [2.45, 2.75) is 19.1 Å². The first kappa shape index (κ1) is 14.9. The van der Waals surface area contributed by atoms with Gasteiger partial charge in [0.1, 0.15) is 12.6 Å². The molecule has 1 fully saturated rings. The Bertz CT molecular complexity index is 747. The number of ether oxygens (including phenoxy) is 3. The van der Waals surface area contributed by atoms with Crippen molar-refractivity contribution in [3.63, 3.8) is 0 Å². The molecule has 2 unspecified atom stereocenters. The molecule has 0 N–H and O–H groups in total. The standard InChI is InChI=1S/C16H17N3O5/c1-10-17-18-15(23-10)11-8-21-7-6-19(11)16(20)14-9-22-12-4-2-3-5-13(12)24-14/h2-5,11,14H,6-9H2,1H3. The number of carbonyl (C=O) groups is 1. The van der Waals surface area contributed by atoms with E-state index in [4.69, 9.17) is 18.6 Å². The lowest BCUT2D eigenvalue weighted by Gasteiger charge is -2.36. The second-order valence-electron chi connectivity index (χ2n) is 5.65. The van der Waals surface area contributed by atoms with Gasteiger partial charge in [0.05, 0.1) is 13.2 Å². The van der Waals surface area contributed by atoms with E-state index in [0.29, 0.717) is 43.0 Å². The molecule has 3 heterocycles. The fourth-order valence-corrected chi connectivity index (χ4v) is 2.84. The van der Waals surface area contributed by atoms with E-state index in [-0.39, 0.29) is 12.5 Å². The quantitative estimate of drug-likeness (QED) is 0.815. The van der Waals surface area contributed by atoms with Crippen molar-refractivity contribution in [3.05, 3.63) is 36.0 Å². The average molecular weight is 331 g/mol. The van der Waals surface area contributed by atoms with Gasteiger partial charge in [-0.2, -0.15) is 0 Å². The lowest BCUT2D eigenvalue weighted by Crippen LogP contribution is -2.51. The van der Waals surface area contributed by atoms with Gasteiger partial charge in [0.15, 0.2) is 11.5 Å². The van der Waals surface area contributed by atoms with Crippen LogP contribution >= 0.6 is 0 Å². The van der Waals surface area contributed by atoms with Gasteiger partial charge in [-0.3, -0.25) is 4.79 Å². The molecule has 1 aromatic heterocycles. The van der Waals surface area contributed by atoms with Gasteiger partial charge in [0.25, 0.3) is 5.91 Å². The Hall–Kier alpha value is -2.61. The Morgan fingerprint density at radius 3 is 2.83 bits per heavy atom. The summed E-state index contributed by atoms with van der Waals surface area (Å²) in [5.74, 6) is 1.87. The van der Waals surface area contributed by atoms with E-state index in [9.17, 15) is 4.79 Å². The number of aromatic nitrogens is 2. The van der Waals surface area contributed by atoms with Crippen LogP contribution in [0, 0.1) is 6.92 Å². The van der Waals surface area contributed by atoms with Crippen LogP contribution in [0.15, 0.2) is 28.7 Å². The second kappa shape index (κ2) is 6.12. The second-order valence-corrected chi connectivity index (χ2v) is 5.65. The molecule has 1 saturated heterocycles. The molecule has 2 atom stereocenters. The van der Waals surface area contributed by atoms with Crippen molar-refractivity contribution in [2.24, 2.45) is 0 Å². The number of carbonyl (C=O) groups excluding carboxylic acids is 1. The highest BCUT2D eigenvalue weighted by Crippen LogP contribution is 2.32. The minimum absolute atomic E-state index is 0.169. The van der Waals surface area contributed by atoms with Gasteiger partial charge in [0.2, 0.25) is 17.9 Å². The van der Waals surface area contributed by atoms with Crippen LogP contribution in [0.1, 0.15) is 17.8 Å². The third-order valence-electron chi connectivity index (χ3n) is 4.02. The zero-order valence-corrected chi connectivity index (χ0v) is 13.2. The van der Waals surface area contributed by atoms with E-state index >= 15 is 0 Å². The summed E-state index contributed by atoms with van der Waals surface area (Å²) in [6.45, 7) is 3.09. The lowest BCUT2D eigenvalue weighted by atomic mass is 10.1. The Labute approximate surface area is 138 Å². The largest absolute Gasteiger partial charge is 0.485 e. The SMILES string of the molecule is Cc1nnc(C2COCCN2C(=O)C2COc3ccccc3O2)o1. The third kappa shape index (κ3) is 2.69. The van der Waals surface area contributed by atoms with Crippen LogP contribution in [0.2, 0.25) is 0 Å². The molecule has 0 aliphatic carbocycles. The molecule has 2 aliphatic rings. The molecule has 2 aliphatic heterocycles. The van der Waals surface area contributed by atoms with Gasteiger partial charge in [-0.25, -0.2) is 0 Å². The first-order chi connectivity index (χ1) is 11.7. The molecular weight excluding hydrogens is 314 g/mol. The molecule has 1 amide bonds. The fourth-order valence-electron chi connectivity index (χ4n) is 2.84. The topological polar surface area (TPSA) is 86.9 Å². The molecule has 0 saturated carbocycles. The molecule has 24 heavy (non-hydrogen) atoms. The van der Waals surface area contributed by atoms with Gasteiger partial charge in [-0.05, 0) is 12.1 Å². The number of rotatable bonds is 2. The maximum Gasteiger partial charge on any atom is 0.268 e. The zero-order valence-electron chi connectivity index (χ0n) is 13.2. The molecule has 0 bridgehead atoms. The summed E-state index contributed by atoms with van der Waals surface area (Å²) in [6, 6.07) is 6.89. The van der Waals surface area contributed by atoms with Crippen LogP contribution in [-0.4, -0.2) is 53.5 Å². The number of hydrogen-bond donors (Lipinski definition) is 0. The Morgan fingerprint density at radius 2 is 2.04 bits per heavy atom. The highest BCUT2D eigenvalue weighted by atomic mass is 16.6. The zero-order chi connectivity index (χ0) is 16.5. The molecule has 2 aromatic rings. The molecule has 0 radical (unpaired) electrons. The number of morpholine rings is 1. The number of benzene rings is 1. The number of amides is 1. The highest BCUT2D eigenvalue weighted by molar-refractivity contribution is 5.82. The predicted molar refractivity (Wildman–Crippen MR) is 80.7 cm³/mol. The summed E-state index contributed by atoms with van der Waals surface area (Å²) in [5.41, 5.74) is 0. The minimum atomic E-state index is -0.704. The fraction of sp³-hybridized carbons (Fsp3) is 0.438. The number of fused-ring (bicyclic) bond motifs is 1. The summed E-state index contributed by atoms with van der Waals surface area (Å²) in [7, 11) is 0. The summed E-state index contributed by atoms with van der Waals surface area (Å²) in [6.07, 6.45) is -0.704. The van der Waals surface area contributed by atoms with Gasteiger partial charge in [0, 0.05) is 13.5 Å². The Morgan fingerprint density at radius 1 is 1.21 bits per heavy atom. The Balaban J connectivity index is 1.54. The van der Waals surface area contributed by atoms with E-state index < -0.39 is 12.1 Å². The average Bonchev–Trinajstić information content (AvgIpc) is 3.07. The maximum absolute atomic E-state index is 12.9. The van der Waals surface area contributed by atoms with E-state index in [0.717, 1.165) is 0 Å². The van der Waals surface area contributed by atoms with E-state index in [1.54, 1.807) is 17.9 Å². The van der Waals surface area contributed by atoms with Gasteiger partial charge >= 0.3 is 0 Å². The summed E-state index contributed by atoms with van der Waals surface area (Å²) >= 11 is 0. The van der Waals surface area contributed by atoms with Crippen molar-refractivity contribution in [1.82, 2.24) is 15.1 Å². The predicted octanol–water partition coefficient (Wildman–Crippen LogP) is 1.12. The molecule has 8 nitrogen and oxygen atoms in total. The summed E-state index contributed by atoms with van der Waals surface area (Å²) in [4.78, 5) is 14.6. The van der Waals surface area contributed by atoms with Gasteiger partial charge < -0.3 is 23.5 Å². The van der Waals surface area contributed by atoms with Gasteiger partial charge in [-0.15, -0.1) is 10.2 Å². The van der Waals surface area contributed by atoms with Crippen LogP contribution in [0.3, 0.4) is 0 Å². The van der Waals surface area contributed by atoms with Gasteiger partial charge in [-0.1, -0.05) is 12.1 Å². The van der Waals surface area contributed by atoms with Crippen molar-refractivity contribution >= 4 is 5.91 Å². The Kier molecular flexibility index (Phi) is 3.81. The van der Waals surface area contributed by atoms with Crippen molar-refractivity contribution < 1.29 is 23.4 Å². The first-order valence-corrected chi connectivity index (χ1v) is 7.79. The summed E-state index contributed by atoms with van der Waals surface area (Å²) in [5, 5.41) is 7.85. The highest BCUT2D eigenvalue weighted by Gasteiger charge is 2.38. The smallest absolute Gasteiger partial charge is 0.268 e. The monoisotopic (exact) mass is 331 g/mol. The summed E-state index contributed by atoms with van der Waals surface area (Å²) < 4.78 is 22.4. The van der Waals surface area contributed by atoms with E-state index in [1.165, 1.54) is 0 Å². The van der Waals surface area contributed by atoms with Crippen LogP contribution in [-0.2, 0) is 9.53 Å². The number of nitrogens with zero attached hydrogens (tertiary/aromatic N) is 3. The van der Waals surface area contributed by atoms with Crippen molar-refractivity contribution in [1.29, 1.82) is 0 Å². The molecular formula is C16H17N3O5. The van der Waals surface area contributed by atoms with E-state index in [1.807, 2.05) is 18.2 Å². The molecule has 126 valence electrons. The molecule has 1 aromatic carbocycles. The molecule has 0 spiro atoms. The van der Waals surface area contributed by atoms with Crippen LogP contribution < -0.4 is 9.47 Å². The minimum Gasteiger partial charge on any atom is -0.485 e. The molecule has 4 rings (SSSR count). The van der Waals surface area contributed by atoms with Crippen molar-refractivity contribution in [3.8, 4) is 11.5 Å². The van der Waals surface area contributed by atoms with Crippen LogP contribution in [0.5, 0.6) is 11.5 Å². The third-order valence-corrected chi connectivity index (χ3v) is 4.02. The van der Waals surface area contributed by atoms with Crippen LogP contribution in [0.25, 0.3) is 0 Å². The maximum atomic E-state index is 12.9. The number of hydrogen-bond acceptors (Lipinski definition) is 7. The van der Waals surface area contributed by atoms with Crippen LogP contribution in [0.4, 0.5) is 0 Å². The number of para-hydroxylation sites is 2. The van der Waals surface area contributed by atoms with E-state index in [2.05, 4.69) is 10.2 Å². The lowest BCUT2D eigenvalue weighted by molar-refractivity contribution is -0.151. The number of aryl methyl sites for hydroxylation is 1.